The molecule has 2 saturated heterocycles. The highest BCUT2D eigenvalue weighted by molar-refractivity contribution is 5.70. The number of hydrogen-bond donors (Lipinski definition) is 1. The fourth-order valence-electron chi connectivity index (χ4n) is 3.14. The summed E-state index contributed by atoms with van der Waals surface area (Å²) in [5, 5.41) is 21.0. The van der Waals surface area contributed by atoms with E-state index in [0.717, 1.165) is 44.8 Å². The molecule has 2 aliphatic rings. The van der Waals surface area contributed by atoms with Crippen LogP contribution in [0.3, 0.4) is 0 Å². The van der Waals surface area contributed by atoms with Crippen LogP contribution in [0.2, 0.25) is 0 Å². The second kappa shape index (κ2) is 6.10. The number of nitro benzene ring substituents is 1. The number of likely N-dealkylation sites (N-methyl/N-ethyl adjacent to an activating group) is 1. The highest BCUT2D eigenvalue weighted by Gasteiger charge is 2.26. The molecule has 0 aromatic heterocycles. The van der Waals surface area contributed by atoms with E-state index in [1.807, 2.05) is 6.07 Å². The first kappa shape index (κ1) is 15.1. The Balaban J connectivity index is 1.89. The van der Waals surface area contributed by atoms with Crippen molar-refractivity contribution in [2.75, 3.05) is 56.1 Å². The van der Waals surface area contributed by atoms with Gasteiger partial charge in [0.2, 0.25) is 0 Å². The Kier molecular flexibility index (Phi) is 4.17. The lowest BCUT2D eigenvalue weighted by atomic mass is 10.2. The van der Waals surface area contributed by atoms with Gasteiger partial charge >= 0.3 is 0 Å². The van der Waals surface area contributed by atoms with Crippen molar-refractivity contribution in [1.82, 2.24) is 4.90 Å². The fraction of sp³-hybridized carbons (Fsp3) is 0.600. The number of nitro groups is 1. The van der Waals surface area contributed by atoms with Crippen LogP contribution in [-0.2, 0) is 0 Å². The molecule has 22 heavy (non-hydrogen) atoms. The van der Waals surface area contributed by atoms with Crippen LogP contribution in [0.1, 0.15) is 6.42 Å². The van der Waals surface area contributed by atoms with Crippen LogP contribution in [0.15, 0.2) is 18.2 Å². The minimum atomic E-state index is -0.309. The predicted molar refractivity (Wildman–Crippen MR) is 85.6 cm³/mol. The molecule has 7 heteroatoms. The normalized spacial score (nSPS) is 23.1. The molecule has 7 nitrogen and oxygen atoms in total. The van der Waals surface area contributed by atoms with Crippen LogP contribution in [0.25, 0.3) is 0 Å². The van der Waals surface area contributed by atoms with Crippen LogP contribution in [0.4, 0.5) is 17.1 Å². The number of rotatable bonds is 3. The Morgan fingerprint density at radius 2 is 1.91 bits per heavy atom. The Labute approximate surface area is 129 Å². The number of anilines is 2. The lowest BCUT2D eigenvalue weighted by Crippen LogP contribution is -2.44. The molecule has 1 aromatic carbocycles. The Morgan fingerprint density at radius 1 is 1.18 bits per heavy atom. The Bertz CT molecular complexity index is 558. The van der Waals surface area contributed by atoms with Gasteiger partial charge in [0.05, 0.1) is 11.0 Å². The van der Waals surface area contributed by atoms with E-state index in [4.69, 9.17) is 0 Å². The molecule has 0 radical (unpaired) electrons. The molecule has 2 aliphatic heterocycles. The third-order valence-corrected chi connectivity index (χ3v) is 4.53. The molecule has 1 N–H and O–H groups in total. The first-order valence-corrected chi connectivity index (χ1v) is 7.69. The first-order valence-electron chi connectivity index (χ1n) is 7.69. The molecular weight excluding hydrogens is 284 g/mol. The molecule has 0 aliphatic carbocycles. The highest BCUT2D eigenvalue weighted by atomic mass is 16.6. The van der Waals surface area contributed by atoms with Crippen molar-refractivity contribution in [3.63, 3.8) is 0 Å². The van der Waals surface area contributed by atoms with Gasteiger partial charge < -0.3 is 19.8 Å². The largest absolute Gasteiger partial charge is 0.391 e. The van der Waals surface area contributed by atoms with Gasteiger partial charge in [0.1, 0.15) is 5.69 Å². The van der Waals surface area contributed by atoms with Gasteiger partial charge in [-0.25, -0.2) is 0 Å². The monoisotopic (exact) mass is 306 g/mol. The van der Waals surface area contributed by atoms with Crippen molar-refractivity contribution in [2.45, 2.75) is 12.5 Å². The minimum Gasteiger partial charge on any atom is -0.391 e. The fourth-order valence-corrected chi connectivity index (χ4v) is 3.14. The molecule has 2 fully saturated rings. The predicted octanol–water partition coefficient (Wildman–Crippen LogP) is 0.918. The lowest BCUT2D eigenvalue weighted by molar-refractivity contribution is -0.384. The van der Waals surface area contributed by atoms with Crippen molar-refractivity contribution in [3.8, 4) is 0 Å². The van der Waals surface area contributed by atoms with Crippen molar-refractivity contribution >= 4 is 17.1 Å². The third-order valence-electron chi connectivity index (χ3n) is 4.53. The van der Waals surface area contributed by atoms with E-state index in [1.165, 1.54) is 0 Å². The molecule has 1 atom stereocenters. The maximum absolute atomic E-state index is 11.3. The van der Waals surface area contributed by atoms with E-state index in [0.29, 0.717) is 12.2 Å². The summed E-state index contributed by atoms with van der Waals surface area (Å²) in [5.74, 6) is 0. The van der Waals surface area contributed by atoms with Crippen molar-refractivity contribution in [2.24, 2.45) is 0 Å². The van der Waals surface area contributed by atoms with Crippen molar-refractivity contribution < 1.29 is 10.0 Å². The standard InChI is InChI=1S/C15H22N4O3/c1-16-6-8-17(9-7-16)15-10-12(2-3-14(15)19(21)22)18-5-4-13(20)11-18/h2-3,10,13,20H,4-9,11H2,1H3/t13-/m0/s1. The second-order valence-electron chi connectivity index (χ2n) is 6.11. The van der Waals surface area contributed by atoms with E-state index in [-0.39, 0.29) is 16.7 Å². The summed E-state index contributed by atoms with van der Waals surface area (Å²) in [4.78, 5) is 17.4. The van der Waals surface area contributed by atoms with Crippen molar-refractivity contribution in [1.29, 1.82) is 0 Å². The average Bonchev–Trinajstić information content (AvgIpc) is 2.94. The zero-order valence-corrected chi connectivity index (χ0v) is 12.8. The molecular formula is C15H22N4O3. The zero-order valence-electron chi connectivity index (χ0n) is 12.8. The topological polar surface area (TPSA) is 73.1 Å². The zero-order chi connectivity index (χ0) is 15.7. The summed E-state index contributed by atoms with van der Waals surface area (Å²) in [6.45, 7) is 4.79. The number of nitrogens with zero attached hydrogens (tertiary/aromatic N) is 4. The van der Waals surface area contributed by atoms with Crippen LogP contribution in [0, 0.1) is 10.1 Å². The minimum absolute atomic E-state index is 0.160. The van der Waals surface area contributed by atoms with E-state index in [2.05, 4.69) is 21.7 Å². The molecule has 0 saturated carbocycles. The number of piperazine rings is 1. The van der Waals surface area contributed by atoms with Gasteiger partial charge in [-0.3, -0.25) is 10.1 Å². The smallest absolute Gasteiger partial charge is 0.292 e. The van der Waals surface area contributed by atoms with Crippen LogP contribution >= 0.6 is 0 Å². The molecule has 0 amide bonds. The number of aliphatic hydroxyl groups is 1. The number of hydrogen-bond acceptors (Lipinski definition) is 6. The van der Waals surface area contributed by atoms with E-state index in [1.54, 1.807) is 12.1 Å². The van der Waals surface area contributed by atoms with Gasteiger partial charge in [0, 0.05) is 51.0 Å². The molecule has 0 unspecified atom stereocenters. The maximum Gasteiger partial charge on any atom is 0.292 e. The highest BCUT2D eigenvalue weighted by Crippen LogP contribution is 2.34. The number of β-amino-alcohol motifs (C(OH)–C–C–N with tert-alkyl or cyclic N) is 1. The summed E-state index contributed by atoms with van der Waals surface area (Å²) in [6, 6.07) is 5.28. The summed E-state index contributed by atoms with van der Waals surface area (Å²) in [7, 11) is 2.06. The molecule has 0 spiro atoms. The summed E-state index contributed by atoms with van der Waals surface area (Å²) < 4.78 is 0. The summed E-state index contributed by atoms with van der Waals surface area (Å²) in [5.41, 5.74) is 1.81. The van der Waals surface area contributed by atoms with E-state index in [9.17, 15) is 15.2 Å². The number of benzene rings is 1. The van der Waals surface area contributed by atoms with Gasteiger partial charge in [-0.05, 0) is 25.6 Å². The van der Waals surface area contributed by atoms with Gasteiger partial charge in [0.25, 0.3) is 5.69 Å². The quantitative estimate of drug-likeness (QED) is 0.661. The van der Waals surface area contributed by atoms with Gasteiger partial charge in [0.15, 0.2) is 0 Å². The second-order valence-corrected chi connectivity index (χ2v) is 6.11. The van der Waals surface area contributed by atoms with Gasteiger partial charge in [-0.2, -0.15) is 0 Å². The third kappa shape index (κ3) is 3.00. The molecule has 3 rings (SSSR count). The Hall–Kier alpha value is -1.86. The molecule has 1 aromatic rings. The van der Waals surface area contributed by atoms with Crippen LogP contribution < -0.4 is 9.80 Å². The number of aliphatic hydroxyl groups excluding tert-OH is 1. The van der Waals surface area contributed by atoms with Crippen LogP contribution in [0.5, 0.6) is 0 Å². The van der Waals surface area contributed by atoms with E-state index >= 15 is 0 Å². The summed E-state index contributed by atoms with van der Waals surface area (Å²) in [6.07, 6.45) is 0.447. The van der Waals surface area contributed by atoms with Gasteiger partial charge in [-0.15, -0.1) is 0 Å². The average molecular weight is 306 g/mol. The Morgan fingerprint density at radius 3 is 2.50 bits per heavy atom. The SMILES string of the molecule is CN1CCN(c2cc(N3CC[C@H](O)C3)ccc2[N+](=O)[O-])CC1. The molecule has 2 heterocycles. The summed E-state index contributed by atoms with van der Waals surface area (Å²) >= 11 is 0. The molecule has 120 valence electrons. The van der Waals surface area contributed by atoms with E-state index < -0.39 is 0 Å². The first-order chi connectivity index (χ1) is 10.5. The van der Waals surface area contributed by atoms with Gasteiger partial charge in [-0.1, -0.05) is 0 Å². The molecule has 0 bridgehead atoms. The maximum atomic E-state index is 11.3. The van der Waals surface area contributed by atoms with Crippen LogP contribution in [-0.4, -0.2) is 67.3 Å². The van der Waals surface area contributed by atoms with Crippen molar-refractivity contribution in [3.05, 3.63) is 28.3 Å². The lowest BCUT2D eigenvalue weighted by Gasteiger charge is -2.34.